The Morgan fingerprint density at radius 1 is 1.25 bits per heavy atom. The Morgan fingerprint density at radius 3 is 2.54 bits per heavy atom. The van der Waals surface area contributed by atoms with E-state index in [9.17, 15) is 19.7 Å². The number of nitro groups is 1. The quantitative estimate of drug-likeness (QED) is 0.474. The summed E-state index contributed by atoms with van der Waals surface area (Å²) < 4.78 is 10.3. The number of ether oxygens (including phenoxy) is 2. The number of carbonyl (C=O) groups is 2. The summed E-state index contributed by atoms with van der Waals surface area (Å²) in [4.78, 5) is 32.9. The zero-order valence-electron chi connectivity index (χ0n) is 12.7. The van der Waals surface area contributed by atoms with Crippen molar-refractivity contribution in [3.8, 4) is 11.5 Å². The lowest BCUT2D eigenvalue weighted by molar-refractivity contribution is -0.384. The van der Waals surface area contributed by atoms with Crippen molar-refractivity contribution in [2.75, 3.05) is 19.0 Å². The number of nitro benzene ring substituents is 1. The minimum absolute atomic E-state index is 0.00134. The predicted molar refractivity (Wildman–Crippen MR) is 85.6 cm³/mol. The first-order valence-corrected chi connectivity index (χ1v) is 6.84. The van der Waals surface area contributed by atoms with Crippen molar-refractivity contribution in [2.45, 2.75) is 0 Å². The van der Waals surface area contributed by atoms with E-state index in [1.165, 1.54) is 19.2 Å². The van der Waals surface area contributed by atoms with Crippen molar-refractivity contribution < 1.29 is 24.0 Å². The summed E-state index contributed by atoms with van der Waals surface area (Å²) in [6.07, 6.45) is 0.434. The average molecular weight is 330 g/mol. The Hall–Kier alpha value is -3.42. The Morgan fingerprint density at radius 2 is 1.96 bits per heavy atom. The number of hydrogen-bond donors (Lipinski definition) is 1. The van der Waals surface area contributed by atoms with Crippen LogP contribution >= 0.6 is 0 Å². The van der Waals surface area contributed by atoms with E-state index < -0.39 is 10.8 Å². The van der Waals surface area contributed by atoms with Gasteiger partial charge in [0, 0.05) is 17.8 Å². The second-order valence-corrected chi connectivity index (χ2v) is 4.66. The number of benzene rings is 2. The Labute approximate surface area is 137 Å². The molecule has 0 aromatic heterocycles. The van der Waals surface area contributed by atoms with Gasteiger partial charge in [-0.3, -0.25) is 19.7 Å². The summed E-state index contributed by atoms with van der Waals surface area (Å²) in [6, 6.07) is 10.3. The molecule has 0 aliphatic carbocycles. The zero-order valence-corrected chi connectivity index (χ0v) is 12.7. The zero-order chi connectivity index (χ0) is 17.5. The van der Waals surface area contributed by atoms with Crippen LogP contribution < -0.4 is 14.8 Å². The molecule has 24 heavy (non-hydrogen) atoms. The molecule has 8 nitrogen and oxygen atoms in total. The van der Waals surface area contributed by atoms with Crippen LogP contribution in [-0.4, -0.2) is 30.8 Å². The van der Waals surface area contributed by atoms with Gasteiger partial charge in [0.05, 0.1) is 17.6 Å². The number of aldehydes is 1. The van der Waals surface area contributed by atoms with Gasteiger partial charge in [0.15, 0.2) is 12.9 Å². The molecule has 2 aromatic carbocycles. The van der Waals surface area contributed by atoms with Gasteiger partial charge in [0.2, 0.25) is 0 Å². The van der Waals surface area contributed by atoms with E-state index in [1.54, 1.807) is 24.3 Å². The molecular weight excluding hydrogens is 316 g/mol. The Bertz CT molecular complexity index is 758. The number of nitrogens with one attached hydrogen (secondary N) is 1. The molecule has 8 heteroatoms. The number of carbonyl (C=O) groups excluding carboxylic acids is 2. The van der Waals surface area contributed by atoms with Crippen LogP contribution in [0.25, 0.3) is 0 Å². The normalized spacial score (nSPS) is 9.88. The van der Waals surface area contributed by atoms with Crippen molar-refractivity contribution in [1.29, 1.82) is 0 Å². The second kappa shape index (κ2) is 7.73. The van der Waals surface area contributed by atoms with E-state index in [-0.39, 0.29) is 23.6 Å². The predicted octanol–water partition coefficient (Wildman–Crippen LogP) is 2.43. The molecule has 1 N–H and O–H groups in total. The third-order valence-corrected chi connectivity index (χ3v) is 3.06. The van der Waals surface area contributed by atoms with Gasteiger partial charge in [0.25, 0.3) is 11.6 Å². The standard InChI is InChI=1S/C16H14N2O6/c1-23-14-5-2-12(3-6-14)17-16(20)10-24-15-7-4-13(18(21)22)8-11(15)9-19/h2-9H,10H2,1H3,(H,17,20). The van der Waals surface area contributed by atoms with Gasteiger partial charge in [-0.25, -0.2) is 0 Å². The molecule has 0 bridgehead atoms. The largest absolute Gasteiger partial charge is 0.497 e. The van der Waals surface area contributed by atoms with Crippen LogP contribution in [0, 0.1) is 10.1 Å². The molecule has 124 valence electrons. The van der Waals surface area contributed by atoms with Crippen molar-refractivity contribution in [3.05, 3.63) is 58.1 Å². The number of rotatable bonds is 7. The number of methoxy groups -OCH3 is 1. The average Bonchev–Trinajstić information content (AvgIpc) is 2.60. The lowest BCUT2D eigenvalue weighted by Crippen LogP contribution is -2.20. The van der Waals surface area contributed by atoms with E-state index in [2.05, 4.69) is 5.32 Å². The van der Waals surface area contributed by atoms with Crippen LogP contribution in [0.1, 0.15) is 10.4 Å². The minimum atomic E-state index is -0.618. The molecule has 0 spiro atoms. The molecule has 0 aliphatic heterocycles. The smallest absolute Gasteiger partial charge is 0.270 e. The van der Waals surface area contributed by atoms with E-state index >= 15 is 0 Å². The van der Waals surface area contributed by atoms with E-state index in [0.29, 0.717) is 17.7 Å². The lowest BCUT2D eigenvalue weighted by atomic mass is 10.2. The molecule has 0 aliphatic rings. The summed E-state index contributed by atoms with van der Waals surface area (Å²) in [5, 5.41) is 13.3. The van der Waals surface area contributed by atoms with Gasteiger partial charge in [-0.2, -0.15) is 0 Å². The maximum Gasteiger partial charge on any atom is 0.270 e. The fourth-order valence-electron chi connectivity index (χ4n) is 1.89. The Kier molecular flexibility index (Phi) is 5.45. The van der Waals surface area contributed by atoms with Crippen LogP contribution in [0.4, 0.5) is 11.4 Å². The maximum absolute atomic E-state index is 11.9. The molecular formula is C16H14N2O6. The van der Waals surface area contributed by atoms with Crippen LogP contribution in [0.15, 0.2) is 42.5 Å². The molecule has 1 amide bonds. The monoisotopic (exact) mass is 330 g/mol. The van der Waals surface area contributed by atoms with Crippen molar-refractivity contribution in [1.82, 2.24) is 0 Å². The summed E-state index contributed by atoms with van der Waals surface area (Å²) in [7, 11) is 1.54. The first-order chi connectivity index (χ1) is 11.5. The van der Waals surface area contributed by atoms with E-state index in [0.717, 1.165) is 6.07 Å². The number of non-ortho nitro benzene ring substituents is 1. The van der Waals surface area contributed by atoms with Crippen LogP contribution in [0.2, 0.25) is 0 Å². The van der Waals surface area contributed by atoms with Crippen LogP contribution in [0.3, 0.4) is 0 Å². The fourth-order valence-corrected chi connectivity index (χ4v) is 1.89. The van der Waals surface area contributed by atoms with Gasteiger partial charge in [-0.1, -0.05) is 0 Å². The number of amides is 1. The molecule has 2 rings (SSSR count). The Balaban J connectivity index is 1.98. The van der Waals surface area contributed by atoms with Gasteiger partial charge in [-0.05, 0) is 30.3 Å². The highest BCUT2D eigenvalue weighted by Gasteiger charge is 2.12. The van der Waals surface area contributed by atoms with Crippen molar-refractivity contribution in [2.24, 2.45) is 0 Å². The third kappa shape index (κ3) is 4.29. The highest BCUT2D eigenvalue weighted by Crippen LogP contribution is 2.22. The lowest BCUT2D eigenvalue weighted by Gasteiger charge is -2.09. The van der Waals surface area contributed by atoms with E-state index in [4.69, 9.17) is 9.47 Å². The maximum atomic E-state index is 11.9. The SMILES string of the molecule is COc1ccc(NC(=O)COc2ccc([N+](=O)[O-])cc2C=O)cc1. The molecule has 2 aromatic rings. The highest BCUT2D eigenvalue weighted by molar-refractivity contribution is 5.92. The molecule has 0 saturated carbocycles. The first-order valence-electron chi connectivity index (χ1n) is 6.84. The van der Waals surface area contributed by atoms with E-state index in [1.807, 2.05) is 0 Å². The second-order valence-electron chi connectivity index (χ2n) is 4.66. The number of anilines is 1. The summed E-state index contributed by atoms with van der Waals surface area (Å²) in [5.74, 6) is 0.321. The van der Waals surface area contributed by atoms with Gasteiger partial charge < -0.3 is 14.8 Å². The number of hydrogen-bond acceptors (Lipinski definition) is 6. The molecule has 0 unspecified atom stereocenters. The van der Waals surface area contributed by atoms with Gasteiger partial charge in [0.1, 0.15) is 11.5 Å². The molecule has 0 fully saturated rings. The van der Waals surface area contributed by atoms with Gasteiger partial charge in [-0.15, -0.1) is 0 Å². The van der Waals surface area contributed by atoms with Crippen molar-refractivity contribution in [3.63, 3.8) is 0 Å². The third-order valence-electron chi connectivity index (χ3n) is 3.06. The molecule has 0 radical (unpaired) electrons. The summed E-state index contributed by atoms with van der Waals surface area (Å²) in [5.41, 5.74) is 0.331. The molecule has 0 saturated heterocycles. The van der Waals surface area contributed by atoms with Crippen LogP contribution in [-0.2, 0) is 4.79 Å². The minimum Gasteiger partial charge on any atom is -0.497 e. The van der Waals surface area contributed by atoms with Crippen molar-refractivity contribution >= 4 is 23.6 Å². The number of nitrogens with zero attached hydrogens (tertiary/aromatic N) is 1. The fraction of sp³-hybridized carbons (Fsp3) is 0.125. The first kappa shape index (κ1) is 16.9. The van der Waals surface area contributed by atoms with Crippen LogP contribution in [0.5, 0.6) is 11.5 Å². The van der Waals surface area contributed by atoms with Gasteiger partial charge >= 0.3 is 0 Å². The highest BCUT2D eigenvalue weighted by atomic mass is 16.6. The topological polar surface area (TPSA) is 108 Å². The molecule has 0 heterocycles. The molecule has 0 atom stereocenters. The summed E-state index contributed by atoms with van der Waals surface area (Å²) in [6.45, 7) is -0.343. The summed E-state index contributed by atoms with van der Waals surface area (Å²) >= 11 is 0.